The van der Waals surface area contributed by atoms with E-state index in [1.54, 1.807) is 0 Å². The molecule has 0 atom stereocenters. The second-order valence-electron chi connectivity index (χ2n) is 2.78. The molecule has 0 radical (unpaired) electrons. The van der Waals surface area contributed by atoms with Gasteiger partial charge in [0.05, 0.1) is 6.61 Å². The summed E-state index contributed by atoms with van der Waals surface area (Å²) in [5, 5.41) is 6.67. The van der Waals surface area contributed by atoms with E-state index in [2.05, 4.69) is 14.1 Å². The lowest BCUT2D eigenvalue weighted by Crippen LogP contribution is -2.28. The third-order valence-corrected chi connectivity index (χ3v) is 2.06. The molecule has 1 saturated carbocycles. The Morgan fingerprint density at radius 1 is 1.57 bits per heavy atom. The molecule has 82 valence electrons. The summed E-state index contributed by atoms with van der Waals surface area (Å²) >= 11 is -0.621. The first kappa shape index (κ1) is 11.6. The zero-order valence-electron chi connectivity index (χ0n) is 6.94. The van der Waals surface area contributed by atoms with Gasteiger partial charge in [-0.1, -0.05) is 5.04 Å². The van der Waals surface area contributed by atoms with Crippen LogP contribution in [0.4, 0.5) is 8.78 Å². The summed E-state index contributed by atoms with van der Waals surface area (Å²) in [4.78, 5) is 10.7. The highest BCUT2D eigenvalue weighted by molar-refractivity contribution is 7.96. The van der Waals surface area contributed by atoms with Crippen molar-refractivity contribution in [3.8, 4) is 0 Å². The van der Waals surface area contributed by atoms with Gasteiger partial charge < -0.3 is 4.74 Å². The smallest absolute Gasteiger partial charge is 0.415 e. The van der Waals surface area contributed by atoms with Crippen LogP contribution in [0.1, 0.15) is 12.8 Å². The summed E-state index contributed by atoms with van der Waals surface area (Å²) in [6.07, 6.45) is 1.78. The molecule has 0 aromatic rings. The lowest BCUT2D eigenvalue weighted by Gasteiger charge is -2.11. The van der Waals surface area contributed by atoms with Gasteiger partial charge in [0.15, 0.2) is 0 Å². The minimum Gasteiger partial charge on any atom is -0.460 e. The van der Waals surface area contributed by atoms with Crippen molar-refractivity contribution in [3.05, 3.63) is 0 Å². The molecule has 5 nitrogen and oxygen atoms in total. The number of carbonyl (C=O) groups is 1. The Labute approximate surface area is 82.4 Å². The predicted molar refractivity (Wildman–Crippen MR) is 41.0 cm³/mol. The molecule has 1 aliphatic rings. The van der Waals surface area contributed by atoms with Crippen LogP contribution < -0.4 is 0 Å². The summed E-state index contributed by atoms with van der Waals surface area (Å²) in [7, 11) is 0. The molecule has 0 aromatic carbocycles. The van der Waals surface area contributed by atoms with E-state index in [9.17, 15) is 13.6 Å². The van der Waals surface area contributed by atoms with Gasteiger partial charge in [-0.15, -0.1) is 4.33 Å². The molecule has 1 fully saturated rings. The SMILES string of the molecule is O=C(OCC1CC1)C(F)(F)SOOO. The maximum absolute atomic E-state index is 12.6. The van der Waals surface area contributed by atoms with Gasteiger partial charge in [0.25, 0.3) is 0 Å². The number of halogens is 2. The molecule has 0 amide bonds. The molecule has 0 aromatic heterocycles. The number of ether oxygens (including phenoxy) is 1. The van der Waals surface area contributed by atoms with Gasteiger partial charge in [0, 0.05) is 0 Å². The fourth-order valence-electron chi connectivity index (χ4n) is 0.654. The molecule has 0 heterocycles. The Kier molecular flexibility index (Phi) is 4.05. The van der Waals surface area contributed by atoms with Crippen molar-refractivity contribution in [1.29, 1.82) is 0 Å². The highest BCUT2D eigenvalue weighted by Crippen LogP contribution is 2.33. The molecule has 0 aliphatic heterocycles. The van der Waals surface area contributed by atoms with Crippen molar-refractivity contribution in [2.24, 2.45) is 5.92 Å². The van der Waals surface area contributed by atoms with E-state index in [1.165, 1.54) is 0 Å². The first-order chi connectivity index (χ1) is 6.56. The van der Waals surface area contributed by atoms with Crippen LogP contribution in [0.3, 0.4) is 0 Å². The maximum Gasteiger partial charge on any atom is 0.415 e. The molecule has 1 N–H and O–H groups in total. The predicted octanol–water partition coefficient (Wildman–Crippen LogP) is 1.60. The number of hydrogen-bond donors (Lipinski definition) is 1. The van der Waals surface area contributed by atoms with Gasteiger partial charge in [-0.3, -0.25) is 0 Å². The average Bonchev–Trinajstić information content (AvgIpc) is 2.94. The van der Waals surface area contributed by atoms with Crippen molar-refractivity contribution in [2.45, 2.75) is 18.1 Å². The fourth-order valence-corrected chi connectivity index (χ4v) is 0.897. The molecule has 0 spiro atoms. The van der Waals surface area contributed by atoms with Gasteiger partial charge in [0.2, 0.25) is 0 Å². The van der Waals surface area contributed by atoms with E-state index in [1.807, 2.05) is 0 Å². The van der Waals surface area contributed by atoms with Gasteiger partial charge in [0.1, 0.15) is 12.0 Å². The number of esters is 1. The van der Waals surface area contributed by atoms with E-state index in [0.717, 1.165) is 12.8 Å². The summed E-state index contributed by atoms with van der Waals surface area (Å²) in [5.74, 6) is -1.50. The molecular weight excluding hydrogens is 222 g/mol. The standard InChI is InChI=1S/C6H8F2O5S/c7-6(8,14-13-12-10)5(9)11-3-4-1-2-4/h4,10H,1-3H2. The van der Waals surface area contributed by atoms with Crippen molar-refractivity contribution >= 4 is 18.0 Å². The number of hydrogen-bond acceptors (Lipinski definition) is 6. The molecule has 0 unspecified atom stereocenters. The Hall–Kier alpha value is -0.440. The maximum atomic E-state index is 12.6. The largest absolute Gasteiger partial charge is 0.460 e. The van der Waals surface area contributed by atoms with Gasteiger partial charge in [-0.05, 0) is 18.8 Å². The zero-order chi connectivity index (χ0) is 10.6. The highest BCUT2D eigenvalue weighted by atomic mass is 32.2. The monoisotopic (exact) mass is 230 g/mol. The topological polar surface area (TPSA) is 65.0 Å². The van der Waals surface area contributed by atoms with Crippen LogP contribution in [0.5, 0.6) is 0 Å². The average molecular weight is 230 g/mol. The van der Waals surface area contributed by atoms with Gasteiger partial charge in [-0.2, -0.15) is 8.78 Å². The van der Waals surface area contributed by atoms with Crippen molar-refractivity contribution in [1.82, 2.24) is 0 Å². The Bertz CT molecular complexity index is 208. The van der Waals surface area contributed by atoms with Crippen LogP contribution in [-0.2, 0) is 18.9 Å². The molecule has 1 aliphatic carbocycles. The second kappa shape index (κ2) is 4.87. The number of alkyl halides is 2. The summed E-state index contributed by atoms with van der Waals surface area (Å²) in [6.45, 7) is -0.00499. The Balaban J connectivity index is 2.24. The van der Waals surface area contributed by atoms with Crippen molar-refractivity contribution < 1.29 is 32.9 Å². The van der Waals surface area contributed by atoms with Crippen molar-refractivity contribution in [2.75, 3.05) is 6.61 Å². The van der Waals surface area contributed by atoms with Crippen molar-refractivity contribution in [3.63, 3.8) is 0 Å². The van der Waals surface area contributed by atoms with Crippen LogP contribution in [0.2, 0.25) is 0 Å². The highest BCUT2D eigenvalue weighted by Gasteiger charge is 2.44. The van der Waals surface area contributed by atoms with E-state index >= 15 is 0 Å². The normalized spacial score (nSPS) is 16.8. The molecule has 14 heavy (non-hydrogen) atoms. The Morgan fingerprint density at radius 2 is 2.21 bits per heavy atom. The Morgan fingerprint density at radius 3 is 2.71 bits per heavy atom. The number of carbonyl (C=O) groups excluding carboxylic acids is 1. The van der Waals surface area contributed by atoms with E-state index in [4.69, 9.17) is 5.26 Å². The third kappa shape index (κ3) is 3.74. The van der Waals surface area contributed by atoms with E-state index in [0.29, 0.717) is 0 Å². The van der Waals surface area contributed by atoms with E-state index < -0.39 is 23.3 Å². The van der Waals surface area contributed by atoms with Gasteiger partial charge in [-0.25, -0.2) is 10.1 Å². The molecule has 8 heteroatoms. The summed E-state index contributed by atoms with van der Waals surface area (Å²) in [6, 6.07) is 0. The quantitative estimate of drug-likeness (QED) is 0.323. The fraction of sp³-hybridized carbons (Fsp3) is 0.833. The van der Waals surface area contributed by atoms with Crippen LogP contribution in [0.15, 0.2) is 0 Å². The first-order valence-electron chi connectivity index (χ1n) is 3.77. The van der Waals surface area contributed by atoms with E-state index in [-0.39, 0.29) is 12.5 Å². The van der Waals surface area contributed by atoms with Crippen LogP contribution in [-0.4, -0.2) is 23.1 Å². The molecule has 0 bridgehead atoms. The van der Waals surface area contributed by atoms with Crippen LogP contribution in [0.25, 0.3) is 0 Å². The second-order valence-corrected chi connectivity index (χ2v) is 3.60. The van der Waals surface area contributed by atoms with Crippen LogP contribution in [0, 0.1) is 5.92 Å². The lowest BCUT2D eigenvalue weighted by atomic mass is 10.5. The molecule has 0 saturated heterocycles. The number of rotatable bonds is 6. The summed E-state index contributed by atoms with van der Waals surface area (Å²) < 4.78 is 33.1. The van der Waals surface area contributed by atoms with Gasteiger partial charge >= 0.3 is 11.2 Å². The molecular formula is C6H8F2O5S. The minimum absolute atomic E-state index is 0.00499. The zero-order valence-corrected chi connectivity index (χ0v) is 7.76. The van der Waals surface area contributed by atoms with Crippen LogP contribution >= 0.6 is 12.0 Å². The lowest BCUT2D eigenvalue weighted by molar-refractivity contribution is -0.433. The molecule has 1 rings (SSSR count). The first-order valence-corrected chi connectivity index (χ1v) is 4.51. The minimum atomic E-state index is -3.88. The summed E-state index contributed by atoms with van der Waals surface area (Å²) in [5.41, 5.74) is 0. The third-order valence-electron chi connectivity index (χ3n) is 1.55.